The van der Waals surface area contributed by atoms with Crippen LogP contribution in [-0.2, 0) is 23.7 Å². The van der Waals surface area contributed by atoms with Crippen molar-refractivity contribution in [2.45, 2.75) is 19.8 Å². The molecular formula is C4H9OTi. The van der Waals surface area contributed by atoms with Gasteiger partial charge in [-0.15, -0.1) is 0 Å². The van der Waals surface area contributed by atoms with Crippen LogP contribution in [0.4, 0.5) is 0 Å². The molecule has 0 spiro atoms. The quantitative estimate of drug-likeness (QED) is 0.379. The molecule has 0 N–H and O–H groups in total. The fraction of sp³-hybridized carbons (Fsp3) is 0.750. The van der Waals surface area contributed by atoms with Gasteiger partial charge in [-0.05, 0) is 0 Å². The van der Waals surface area contributed by atoms with Gasteiger partial charge in [0.1, 0.15) is 0 Å². The predicted molar refractivity (Wildman–Crippen MR) is 21.0 cm³/mol. The summed E-state index contributed by atoms with van der Waals surface area (Å²) < 4.78 is 8.25. The van der Waals surface area contributed by atoms with Crippen LogP contribution in [0.3, 0.4) is 0 Å². The number of unbranched alkanes of at least 4 members (excludes halogenated alkanes) is 1. The van der Waals surface area contributed by atoms with Crippen LogP contribution < -0.4 is 0 Å². The molecule has 0 rings (SSSR count). The molecule has 0 aromatic carbocycles. The standard InChI is InChI=1S/C4H9.O.Ti/c1-3-4-2;;/h1,3-4H2,2H3;;/q-1;;+1. The third-order valence-corrected chi connectivity index (χ3v) is 0.354. The molecule has 1 nitrogen and oxygen atoms in total. The van der Waals surface area contributed by atoms with Gasteiger partial charge in [0, 0.05) is 0 Å². The van der Waals surface area contributed by atoms with Crippen molar-refractivity contribution in [1.29, 1.82) is 0 Å². The van der Waals surface area contributed by atoms with E-state index in [0.29, 0.717) is 0 Å². The zero-order valence-electron chi connectivity index (χ0n) is 4.03. The van der Waals surface area contributed by atoms with Crippen molar-refractivity contribution in [3.63, 3.8) is 0 Å². The van der Waals surface area contributed by atoms with Crippen molar-refractivity contribution >= 4 is 0 Å². The second-order valence-electron chi connectivity index (χ2n) is 0.854. The Morgan fingerprint density at radius 1 is 1.67 bits per heavy atom. The van der Waals surface area contributed by atoms with Crippen molar-refractivity contribution in [3.8, 4) is 0 Å². The van der Waals surface area contributed by atoms with Crippen LogP contribution in [0.15, 0.2) is 0 Å². The average Bonchev–Trinajstić information content (AvgIpc) is 1.72. The van der Waals surface area contributed by atoms with E-state index < -0.39 is 0 Å². The number of hydrogen-bond acceptors (Lipinski definition) is 1. The second-order valence-corrected chi connectivity index (χ2v) is 0.854. The first-order valence-electron chi connectivity index (χ1n) is 1.91. The van der Waals surface area contributed by atoms with E-state index in [1.54, 1.807) is 0 Å². The Morgan fingerprint density at radius 2 is 1.83 bits per heavy atom. The molecule has 0 unspecified atom stereocenters. The summed E-state index contributed by atoms with van der Waals surface area (Å²) in [6.07, 6.45) is 2.28. The van der Waals surface area contributed by atoms with Gasteiger partial charge in [-0.1, -0.05) is 13.3 Å². The summed E-state index contributed by atoms with van der Waals surface area (Å²) in [5.41, 5.74) is 0. The van der Waals surface area contributed by atoms with Crippen LogP contribution in [0.25, 0.3) is 0 Å². The summed E-state index contributed by atoms with van der Waals surface area (Å²) in [7, 11) is 0. The van der Waals surface area contributed by atoms with Gasteiger partial charge >= 0.3 is 23.7 Å². The normalized spacial score (nSPS) is 6.00. The van der Waals surface area contributed by atoms with E-state index in [2.05, 4.69) is 13.8 Å². The molecule has 0 bridgehead atoms. The molecular weight excluding hydrogens is 112 g/mol. The molecule has 0 aliphatic rings. The predicted octanol–water partition coefficient (Wildman–Crippen LogP) is 1.50. The van der Waals surface area contributed by atoms with Crippen LogP contribution in [0, 0.1) is 6.92 Å². The first-order valence-corrected chi connectivity index (χ1v) is 2.55. The van der Waals surface area contributed by atoms with Gasteiger partial charge < -0.3 is 6.92 Å². The van der Waals surface area contributed by atoms with Crippen molar-refractivity contribution in [1.82, 2.24) is 0 Å². The molecule has 0 aromatic heterocycles. The molecule has 0 amide bonds. The first kappa shape index (κ1) is 9.72. The maximum atomic E-state index is 8.25. The minimum atomic E-state index is 0.750. The topological polar surface area (TPSA) is 17.1 Å². The molecule has 0 aliphatic heterocycles. The Balaban J connectivity index is 0. The van der Waals surface area contributed by atoms with Gasteiger partial charge in [0.05, 0.1) is 0 Å². The molecule has 0 saturated heterocycles. The van der Waals surface area contributed by atoms with E-state index in [-0.39, 0.29) is 0 Å². The summed E-state index contributed by atoms with van der Waals surface area (Å²) in [6.45, 7) is 5.72. The van der Waals surface area contributed by atoms with Gasteiger partial charge in [-0.25, -0.2) is 0 Å². The van der Waals surface area contributed by atoms with Gasteiger partial charge in [0.25, 0.3) is 0 Å². The summed E-state index contributed by atoms with van der Waals surface area (Å²) in [5.74, 6) is 0. The zero-order valence-corrected chi connectivity index (χ0v) is 5.59. The molecule has 0 heterocycles. The van der Waals surface area contributed by atoms with Crippen LogP contribution in [0.5, 0.6) is 0 Å². The van der Waals surface area contributed by atoms with Crippen LogP contribution in [-0.4, -0.2) is 0 Å². The van der Waals surface area contributed by atoms with Crippen molar-refractivity contribution < 1.29 is 23.7 Å². The van der Waals surface area contributed by atoms with E-state index in [0.717, 1.165) is 26.8 Å². The van der Waals surface area contributed by atoms with Crippen LogP contribution in [0.1, 0.15) is 19.8 Å². The molecule has 0 saturated carbocycles. The summed E-state index contributed by atoms with van der Waals surface area (Å²) >= 11 is 0.750. The SMILES string of the molecule is [CH2-]CCC.[O]=[Ti+]. The van der Waals surface area contributed by atoms with Gasteiger partial charge in [0.15, 0.2) is 0 Å². The van der Waals surface area contributed by atoms with Gasteiger partial charge in [-0.3, -0.25) is 0 Å². The van der Waals surface area contributed by atoms with Gasteiger partial charge in [-0.2, -0.15) is 6.42 Å². The average molecular weight is 121 g/mol. The Morgan fingerprint density at radius 3 is 1.83 bits per heavy atom. The third kappa shape index (κ3) is 24.3. The molecule has 6 heavy (non-hydrogen) atoms. The van der Waals surface area contributed by atoms with E-state index in [4.69, 9.17) is 3.32 Å². The number of hydrogen-bond donors (Lipinski definition) is 0. The molecule has 0 atom stereocenters. The summed E-state index contributed by atoms with van der Waals surface area (Å²) in [5, 5.41) is 0. The van der Waals surface area contributed by atoms with Crippen molar-refractivity contribution in [2.75, 3.05) is 0 Å². The molecule has 2 heteroatoms. The van der Waals surface area contributed by atoms with E-state index in [9.17, 15) is 0 Å². The molecule has 0 aliphatic carbocycles. The maximum absolute atomic E-state index is 8.25. The molecule has 35 valence electrons. The van der Waals surface area contributed by atoms with Crippen LogP contribution >= 0.6 is 0 Å². The second kappa shape index (κ2) is 17.8. The fourth-order valence-electron chi connectivity index (χ4n) is 0. The first-order chi connectivity index (χ1) is 2.91. The monoisotopic (exact) mass is 121 g/mol. The Labute approximate surface area is 50.9 Å². The Hall–Kier alpha value is 0.514. The third-order valence-electron chi connectivity index (χ3n) is 0.354. The van der Waals surface area contributed by atoms with E-state index in [1.165, 1.54) is 6.42 Å². The zero-order chi connectivity index (χ0) is 5.41. The summed E-state index contributed by atoms with van der Waals surface area (Å²) in [4.78, 5) is 0. The minimum absolute atomic E-state index is 0.750. The Kier molecular flexibility index (Phi) is 28.8. The molecule has 0 fully saturated rings. The fourth-order valence-corrected chi connectivity index (χ4v) is 0. The van der Waals surface area contributed by atoms with Crippen molar-refractivity contribution in [3.05, 3.63) is 6.92 Å². The Bertz CT molecular complexity index is 15.0. The number of rotatable bonds is 1. The molecule has 0 radical (unpaired) electrons. The van der Waals surface area contributed by atoms with Crippen LogP contribution in [0.2, 0.25) is 0 Å². The van der Waals surface area contributed by atoms with E-state index in [1.807, 2.05) is 0 Å². The van der Waals surface area contributed by atoms with Crippen molar-refractivity contribution in [2.24, 2.45) is 0 Å². The van der Waals surface area contributed by atoms with E-state index >= 15 is 0 Å². The summed E-state index contributed by atoms with van der Waals surface area (Å²) in [6, 6.07) is 0. The van der Waals surface area contributed by atoms with Gasteiger partial charge in [0.2, 0.25) is 0 Å². The molecule has 0 aromatic rings.